The first-order chi connectivity index (χ1) is 19.0. The molecule has 3 aromatic rings. The monoisotopic (exact) mass is 558 g/mol. The zero-order valence-corrected chi connectivity index (χ0v) is 22.1. The largest absolute Gasteiger partial charge is 0.494 e. The van der Waals surface area contributed by atoms with E-state index in [9.17, 15) is 22.8 Å². The lowest BCUT2D eigenvalue weighted by atomic mass is 10.0. The Morgan fingerprint density at radius 3 is 2.40 bits per heavy atom. The van der Waals surface area contributed by atoms with Gasteiger partial charge in [-0.25, -0.2) is 9.78 Å². The number of benzene rings is 2. The van der Waals surface area contributed by atoms with Gasteiger partial charge in [-0.15, -0.1) is 0 Å². The molecule has 0 unspecified atom stereocenters. The highest BCUT2D eigenvalue weighted by Gasteiger charge is 2.36. The number of hydrogen-bond donors (Lipinski definition) is 3. The van der Waals surface area contributed by atoms with Gasteiger partial charge in [-0.2, -0.15) is 18.2 Å². The lowest BCUT2D eigenvalue weighted by molar-refractivity contribution is -0.137. The van der Waals surface area contributed by atoms with Crippen LogP contribution in [0.3, 0.4) is 0 Å². The standard InChI is InChI=1S/C27H29F3N6O4/c1-35(2)16-10-12-36(13-11-16)17-8-9-21(22(14-17)40-3)33-26-31-15-19(27(28,29)30)24(34-26)32-20-7-5-4-6-18(20)23(37)25(38)39/h4-9,14-16H,10-13H2,1-3H3,(H,38,39)(H2,31,32,33,34). The number of para-hydroxylation sites is 1. The van der Waals surface area contributed by atoms with E-state index >= 15 is 0 Å². The van der Waals surface area contributed by atoms with Gasteiger partial charge in [-0.05, 0) is 51.2 Å². The first-order valence-corrected chi connectivity index (χ1v) is 12.4. The number of carbonyl (C=O) groups excluding carboxylic acids is 1. The highest BCUT2D eigenvalue weighted by atomic mass is 19.4. The van der Waals surface area contributed by atoms with E-state index in [1.165, 1.54) is 31.4 Å². The Morgan fingerprint density at radius 2 is 1.77 bits per heavy atom. The van der Waals surface area contributed by atoms with Crippen LogP contribution in [0.5, 0.6) is 5.75 Å². The van der Waals surface area contributed by atoms with E-state index in [2.05, 4.69) is 44.5 Å². The number of halogens is 3. The molecule has 4 rings (SSSR count). The molecule has 3 N–H and O–H groups in total. The van der Waals surface area contributed by atoms with Crippen LogP contribution in [0.25, 0.3) is 0 Å². The van der Waals surface area contributed by atoms with Crippen molar-refractivity contribution in [1.82, 2.24) is 14.9 Å². The Hall–Kier alpha value is -4.39. The zero-order valence-electron chi connectivity index (χ0n) is 22.1. The number of nitrogens with zero attached hydrogens (tertiary/aromatic N) is 4. The normalized spacial score (nSPS) is 14.2. The third kappa shape index (κ3) is 6.42. The van der Waals surface area contributed by atoms with Crippen molar-refractivity contribution in [3.63, 3.8) is 0 Å². The molecule has 10 nitrogen and oxygen atoms in total. The minimum atomic E-state index is -4.83. The summed E-state index contributed by atoms with van der Waals surface area (Å²) in [5.74, 6) is -3.40. The van der Waals surface area contributed by atoms with Crippen molar-refractivity contribution in [2.45, 2.75) is 25.1 Å². The fraction of sp³-hybridized carbons (Fsp3) is 0.333. The smallest absolute Gasteiger partial charge is 0.421 e. The summed E-state index contributed by atoms with van der Waals surface area (Å²) in [4.78, 5) is 35.6. The number of rotatable bonds is 9. The average Bonchev–Trinajstić information content (AvgIpc) is 2.92. The number of piperidine rings is 1. The Kier molecular flexibility index (Phi) is 8.43. The summed E-state index contributed by atoms with van der Waals surface area (Å²) in [7, 11) is 5.63. The number of aromatic nitrogens is 2. The van der Waals surface area contributed by atoms with Gasteiger partial charge in [-0.3, -0.25) is 4.79 Å². The molecule has 0 radical (unpaired) electrons. The molecular weight excluding hydrogens is 529 g/mol. The van der Waals surface area contributed by atoms with Crippen molar-refractivity contribution < 1.29 is 32.6 Å². The summed E-state index contributed by atoms with van der Waals surface area (Å²) in [6.45, 7) is 1.75. The molecule has 40 heavy (non-hydrogen) atoms. The van der Waals surface area contributed by atoms with Crippen molar-refractivity contribution in [2.75, 3.05) is 49.8 Å². The number of anilines is 5. The molecule has 13 heteroatoms. The van der Waals surface area contributed by atoms with Crippen LogP contribution < -0.4 is 20.3 Å². The van der Waals surface area contributed by atoms with Crippen LogP contribution in [-0.2, 0) is 11.0 Å². The van der Waals surface area contributed by atoms with Gasteiger partial charge in [0.15, 0.2) is 0 Å². The predicted molar refractivity (Wildman–Crippen MR) is 144 cm³/mol. The lowest BCUT2D eigenvalue weighted by Gasteiger charge is -2.36. The quantitative estimate of drug-likeness (QED) is 0.250. The summed E-state index contributed by atoms with van der Waals surface area (Å²) < 4.78 is 46.9. The minimum absolute atomic E-state index is 0.148. The van der Waals surface area contributed by atoms with Gasteiger partial charge in [0.25, 0.3) is 5.78 Å². The molecule has 1 saturated heterocycles. The number of ketones is 1. The number of carbonyl (C=O) groups is 2. The number of carboxylic acid groups (broad SMARTS) is 1. The van der Waals surface area contributed by atoms with E-state index in [4.69, 9.17) is 9.84 Å². The predicted octanol–water partition coefficient (Wildman–Crippen LogP) is 4.79. The molecule has 0 bridgehead atoms. The van der Waals surface area contributed by atoms with E-state index < -0.39 is 29.3 Å². The Morgan fingerprint density at radius 1 is 1.07 bits per heavy atom. The molecule has 2 heterocycles. The molecular formula is C27H29F3N6O4. The van der Waals surface area contributed by atoms with Crippen LogP contribution in [-0.4, -0.2) is 72.1 Å². The van der Waals surface area contributed by atoms with Gasteiger partial charge in [0, 0.05) is 37.1 Å². The van der Waals surface area contributed by atoms with Crippen LogP contribution in [0.2, 0.25) is 0 Å². The summed E-state index contributed by atoms with van der Waals surface area (Å²) >= 11 is 0. The first-order valence-electron chi connectivity index (χ1n) is 12.4. The van der Waals surface area contributed by atoms with Gasteiger partial charge < -0.3 is 30.3 Å². The second-order valence-corrected chi connectivity index (χ2v) is 9.45. The fourth-order valence-corrected chi connectivity index (χ4v) is 4.52. The summed E-state index contributed by atoms with van der Waals surface area (Å²) in [5, 5.41) is 14.5. The summed E-state index contributed by atoms with van der Waals surface area (Å²) in [5.41, 5.74) is -0.274. The molecule has 0 saturated carbocycles. The Bertz CT molecular complexity index is 1390. The Labute approximate surface area is 228 Å². The maximum Gasteiger partial charge on any atom is 0.421 e. The molecule has 1 aliphatic heterocycles. The number of hydrogen-bond acceptors (Lipinski definition) is 9. The molecule has 2 aromatic carbocycles. The Balaban J connectivity index is 1.61. The van der Waals surface area contributed by atoms with Crippen LogP contribution in [0.1, 0.15) is 28.8 Å². The fourth-order valence-electron chi connectivity index (χ4n) is 4.52. The number of aliphatic carboxylic acids is 1. The lowest BCUT2D eigenvalue weighted by Crippen LogP contribution is -2.41. The SMILES string of the molecule is COc1cc(N2CCC(N(C)C)CC2)ccc1Nc1ncc(C(F)(F)F)c(Nc2ccccc2C(=O)C(=O)O)n1. The number of carboxylic acids is 1. The van der Waals surface area contributed by atoms with E-state index in [1.807, 2.05) is 12.1 Å². The minimum Gasteiger partial charge on any atom is -0.494 e. The highest BCUT2D eigenvalue weighted by molar-refractivity contribution is 6.41. The van der Waals surface area contributed by atoms with Crippen molar-refractivity contribution >= 4 is 40.6 Å². The van der Waals surface area contributed by atoms with Crippen LogP contribution >= 0.6 is 0 Å². The van der Waals surface area contributed by atoms with Crippen molar-refractivity contribution in [3.8, 4) is 5.75 Å². The summed E-state index contributed by atoms with van der Waals surface area (Å²) in [6.07, 6.45) is -2.18. The number of ether oxygens (including phenoxy) is 1. The second kappa shape index (κ2) is 11.8. The molecule has 0 spiro atoms. The average molecular weight is 559 g/mol. The first kappa shape index (κ1) is 28.6. The molecule has 0 atom stereocenters. The van der Waals surface area contributed by atoms with Crippen LogP contribution in [0, 0.1) is 0 Å². The van der Waals surface area contributed by atoms with Gasteiger partial charge in [0.1, 0.15) is 17.1 Å². The van der Waals surface area contributed by atoms with E-state index in [1.54, 1.807) is 6.07 Å². The topological polar surface area (TPSA) is 120 Å². The second-order valence-electron chi connectivity index (χ2n) is 9.45. The molecule has 212 valence electrons. The van der Waals surface area contributed by atoms with E-state index in [0.29, 0.717) is 23.7 Å². The van der Waals surface area contributed by atoms with E-state index in [0.717, 1.165) is 31.6 Å². The van der Waals surface area contributed by atoms with Crippen molar-refractivity contribution in [1.29, 1.82) is 0 Å². The number of nitrogens with one attached hydrogen (secondary N) is 2. The van der Waals surface area contributed by atoms with Crippen LogP contribution in [0.15, 0.2) is 48.7 Å². The zero-order chi connectivity index (χ0) is 29.0. The summed E-state index contributed by atoms with van der Waals surface area (Å²) in [6, 6.07) is 11.3. The van der Waals surface area contributed by atoms with Crippen LogP contribution in [0.4, 0.5) is 42.0 Å². The molecule has 0 amide bonds. The molecule has 1 aromatic heterocycles. The van der Waals surface area contributed by atoms with Gasteiger partial charge in [0.05, 0.1) is 24.0 Å². The van der Waals surface area contributed by atoms with Gasteiger partial charge >= 0.3 is 12.1 Å². The van der Waals surface area contributed by atoms with Gasteiger partial charge in [-0.1, -0.05) is 12.1 Å². The third-order valence-corrected chi connectivity index (χ3v) is 6.70. The third-order valence-electron chi connectivity index (χ3n) is 6.70. The van der Waals surface area contributed by atoms with E-state index in [-0.39, 0.29) is 17.2 Å². The van der Waals surface area contributed by atoms with Crippen molar-refractivity contribution in [2.24, 2.45) is 0 Å². The molecule has 0 aliphatic carbocycles. The number of methoxy groups -OCH3 is 1. The highest BCUT2D eigenvalue weighted by Crippen LogP contribution is 2.37. The molecule has 1 aliphatic rings. The van der Waals surface area contributed by atoms with Crippen molar-refractivity contribution in [3.05, 3.63) is 59.8 Å². The number of Topliss-reactive ketones (excluding diaryl/α,β-unsaturated/α-hetero) is 1. The maximum atomic E-state index is 13.8. The molecule has 1 fully saturated rings. The van der Waals surface area contributed by atoms with Gasteiger partial charge in [0.2, 0.25) is 5.95 Å². The number of alkyl halides is 3. The maximum absolute atomic E-state index is 13.8.